The molecule has 18 nitrogen and oxygen atoms in total. The molecule has 4 unspecified atom stereocenters. The minimum Gasteiger partial charge on any atom is -0.456 e. The highest BCUT2D eigenvalue weighted by molar-refractivity contribution is 6.19. The summed E-state index contributed by atoms with van der Waals surface area (Å²) in [4.78, 5) is 81.2. The molecule has 1 aromatic carbocycles. The average molecular weight is 920 g/mol. The molecule has 0 radical (unpaired) electrons. The van der Waals surface area contributed by atoms with E-state index in [1.807, 2.05) is 62.0 Å². The van der Waals surface area contributed by atoms with Crippen molar-refractivity contribution in [1.29, 1.82) is 0 Å². The Morgan fingerprint density at radius 3 is 1.70 bits per heavy atom. The third-order valence-electron chi connectivity index (χ3n) is 14.8. The molecule has 5 fully saturated rings. The number of aromatic nitrogens is 4. The number of carbonyl (C=O) groups excluding carboxylic acids is 4. The first-order valence-electron chi connectivity index (χ1n) is 24.5. The first kappa shape index (κ1) is 44.9. The monoisotopic (exact) mass is 920 g/mol. The third-order valence-corrected chi connectivity index (χ3v) is 14.8. The van der Waals surface area contributed by atoms with E-state index in [0.29, 0.717) is 71.6 Å². The van der Waals surface area contributed by atoms with Gasteiger partial charge in [0.1, 0.15) is 34.9 Å². The average Bonchev–Trinajstić information content (AvgIpc) is 4.22. The van der Waals surface area contributed by atoms with Crippen LogP contribution in [0.25, 0.3) is 33.2 Å². The highest BCUT2D eigenvalue weighted by Gasteiger charge is 2.40. The Kier molecular flexibility index (Phi) is 12.8. The number of fused-ring (bicyclic) bond motifs is 5. The zero-order valence-electron chi connectivity index (χ0n) is 39.2. The lowest BCUT2D eigenvalue weighted by atomic mass is 9.92. The van der Waals surface area contributed by atoms with Gasteiger partial charge in [0, 0.05) is 86.8 Å². The minimum absolute atomic E-state index is 0.0594. The van der Waals surface area contributed by atoms with Crippen molar-refractivity contribution in [3.8, 4) is 11.3 Å². The number of nitrogens with one attached hydrogen (secondary N) is 4. The zero-order chi connectivity index (χ0) is 46.3. The van der Waals surface area contributed by atoms with E-state index in [2.05, 4.69) is 37.6 Å². The summed E-state index contributed by atoms with van der Waals surface area (Å²) in [7, 11) is 0. The Morgan fingerprint density at radius 1 is 0.627 bits per heavy atom. The molecule has 18 heteroatoms. The molecule has 2 bridgehead atoms. The predicted molar refractivity (Wildman–Crippen MR) is 252 cm³/mol. The SMILES string of the molecule is CC(C)C(NC(=O)N1CCOCC1)C(=O)N1CCCC1c1ncc(-c2ccc(N3CCC(c4cnc(C5CCCN5C(=O)C(NC(=O)N5CCOCC5)C(C)C)[nH]4)CC3)c3c4ccc(o4)c23)[nH]1. The highest BCUT2D eigenvalue weighted by Crippen LogP contribution is 2.45. The summed E-state index contributed by atoms with van der Waals surface area (Å²) in [5.74, 6) is 1.54. The van der Waals surface area contributed by atoms with Gasteiger partial charge in [0.15, 0.2) is 0 Å². The molecule has 358 valence electrons. The molecule has 10 rings (SSSR count). The number of H-pyrrole nitrogens is 2. The summed E-state index contributed by atoms with van der Waals surface area (Å²) in [6.07, 6.45) is 9.03. The van der Waals surface area contributed by atoms with E-state index in [-0.39, 0.29) is 47.8 Å². The number of hydrogen-bond acceptors (Lipinski definition) is 10. The predicted octanol–water partition coefficient (Wildman–Crippen LogP) is 5.98. The van der Waals surface area contributed by atoms with E-state index in [0.717, 1.165) is 108 Å². The minimum atomic E-state index is -0.650. The largest absolute Gasteiger partial charge is 0.456 e. The zero-order valence-corrected chi connectivity index (χ0v) is 39.2. The Bertz CT molecular complexity index is 2550. The number of likely N-dealkylation sites (tertiary alicyclic amines) is 2. The normalized spacial score (nSPS) is 21.9. The number of piperidine rings is 1. The molecule has 4 atom stereocenters. The second-order valence-corrected chi connectivity index (χ2v) is 19.6. The molecular weight excluding hydrogens is 855 g/mol. The summed E-state index contributed by atoms with van der Waals surface area (Å²) in [5.41, 5.74) is 5.78. The molecule has 9 heterocycles. The van der Waals surface area contributed by atoms with E-state index in [9.17, 15) is 19.2 Å². The molecular formula is C49H65N11O7. The van der Waals surface area contributed by atoms with Crippen molar-refractivity contribution in [3.63, 3.8) is 0 Å². The maximum atomic E-state index is 14.1. The van der Waals surface area contributed by atoms with Gasteiger partial charge in [-0.15, -0.1) is 0 Å². The second kappa shape index (κ2) is 19.0. The van der Waals surface area contributed by atoms with Gasteiger partial charge >= 0.3 is 12.1 Å². The topological polar surface area (TPSA) is 197 Å². The summed E-state index contributed by atoms with van der Waals surface area (Å²) in [5, 5.41) is 8.22. The number of carbonyl (C=O) groups is 4. The number of aromatic amines is 2. The molecule has 4 aromatic heterocycles. The number of rotatable bonds is 11. The Balaban J connectivity index is 0.804. The van der Waals surface area contributed by atoms with Crippen LogP contribution in [0.2, 0.25) is 0 Å². The van der Waals surface area contributed by atoms with Crippen molar-refractivity contribution in [2.45, 2.75) is 96.3 Å². The Hall–Kier alpha value is -5.88. The number of hydrogen-bond donors (Lipinski definition) is 4. The number of benzene rings is 2. The summed E-state index contributed by atoms with van der Waals surface area (Å²) in [6, 6.07) is 6.32. The fraction of sp³-hybridized carbons (Fsp3) is 0.592. The van der Waals surface area contributed by atoms with Gasteiger partial charge in [0.2, 0.25) is 11.8 Å². The van der Waals surface area contributed by atoms with E-state index in [1.54, 1.807) is 9.80 Å². The van der Waals surface area contributed by atoms with Crippen LogP contribution in [-0.2, 0) is 19.1 Å². The van der Waals surface area contributed by atoms with E-state index < -0.39 is 12.1 Å². The molecule has 5 aromatic rings. The third kappa shape index (κ3) is 8.78. The first-order valence-corrected chi connectivity index (χ1v) is 24.5. The summed E-state index contributed by atoms with van der Waals surface area (Å²) in [6.45, 7) is 14.9. The van der Waals surface area contributed by atoms with Crippen molar-refractivity contribution < 1.29 is 33.1 Å². The van der Waals surface area contributed by atoms with Gasteiger partial charge < -0.3 is 59.0 Å². The molecule has 6 amide bonds. The second-order valence-electron chi connectivity index (χ2n) is 19.6. The van der Waals surface area contributed by atoms with Crippen molar-refractivity contribution in [2.75, 3.05) is 83.7 Å². The summed E-state index contributed by atoms with van der Waals surface area (Å²) < 4.78 is 17.2. The van der Waals surface area contributed by atoms with Crippen LogP contribution in [0, 0.1) is 11.8 Å². The molecule has 0 aliphatic carbocycles. The van der Waals surface area contributed by atoms with Crippen LogP contribution in [0.1, 0.15) is 102 Å². The van der Waals surface area contributed by atoms with Crippen molar-refractivity contribution in [3.05, 3.63) is 54.0 Å². The van der Waals surface area contributed by atoms with Gasteiger partial charge in [-0.2, -0.15) is 0 Å². The van der Waals surface area contributed by atoms with Gasteiger partial charge in [-0.3, -0.25) is 9.59 Å². The van der Waals surface area contributed by atoms with Crippen LogP contribution < -0.4 is 15.5 Å². The molecule has 5 aliphatic heterocycles. The number of nitrogens with zero attached hydrogens (tertiary/aromatic N) is 7. The highest BCUT2D eigenvalue weighted by atomic mass is 16.5. The lowest BCUT2D eigenvalue weighted by Crippen LogP contribution is -2.55. The van der Waals surface area contributed by atoms with E-state index in [1.165, 1.54) is 0 Å². The number of morpholine rings is 2. The first-order chi connectivity index (χ1) is 32.5. The standard InChI is InChI=1S/C49H65N11O7/c1-29(2)42(54-48(63)57-19-23-65-24-20-57)46(61)59-15-5-7-36(59)44-50-27-33(52-44)31-13-17-56(18-14-31)35-10-9-32(40-38-11-12-39(67-38)41(35)40)34-28-51-45(53-34)37-8-6-16-60(37)47(62)43(30(3)4)55-49(64)58-21-25-66-26-22-58/h9-12,27-31,36-37,42-43H,5-8,13-26H2,1-4H3,(H,50,52)(H,51,53)(H,54,63)(H,55,64). The van der Waals surface area contributed by atoms with Crippen molar-refractivity contribution in [1.82, 2.24) is 50.2 Å². The molecule has 67 heavy (non-hydrogen) atoms. The summed E-state index contributed by atoms with van der Waals surface area (Å²) >= 11 is 0. The number of furan rings is 2. The Labute approximate surface area is 390 Å². The maximum absolute atomic E-state index is 14.1. The Morgan fingerprint density at radius 2 is 1.15 bits per heavy atom. The number of anilines is 1. The number of urea groups is 2. The van der Waals surface area contributed by atoms with Crippen LogP contribution >= 0.6 is 0 Å². The molecule has 0 saturated carbocycles. The van der Waals surface area contributed by atoms with Crippen LogP contribution in [0.4, 0.5) is 15.3 Å². The fourth-order valence-electron chi connectivity index (χ4n) is 11.0. The number of ether oxygens (including phenoxy) is 2. The van der Waals surface area contributed by atoms with E-state index >= 15 is 0 Å². The fourth-order valence-corrected chi connectivity index (χ4v) is 11.0. The van der Waals surface area contributed by atoms with Crippen LogP contribution in [0.5, 0.6) is 0 Å². The van der Waals surface area contributed by atoms with Crippen LogP contribution in [0.15, 0.2) is 41.1 Å². The number of amides is 6. The van der Waals surface area contributed by atoms with Crippen molar-refractivity contribution >= 4 is 51.5 Å². The smallest absolute Gasteiger partial charge is 0.318 e. The van der Waals surface area contributed by atoms with Crippen molar-refractivity contribution in [2.24, 2.45) is 11.8 Å². The van der Waals surface area contributed by atoms with Crippen LogP contribution in [0.3, 0.4) is 0 Å². The van der Waals surface area contributed by atoms with Gasteiger partial charge in [-0.1, -0.05) is 27.7 Å². The maximum Gasteiger partial charge on any atom is 0.318 e. The van der Waals surface area contributed by atoms with Gasteiger partial charge in [-0.05, 0) is 74.6 Å². The van der Waals surface area contributed by atoms with Crippen LogP contribution in [-0.4, -0.2) is 154 Å². The van der Waals surface area contributed by atoms with Gasteiger partial charge in [-0.25, -0.2) is 19.6 Å². The van der Waals surface area contributed by atoms with Gasteiger partial charge in [0.25, 0.3) is 0 Å². The molecule has 5 saturated heterocycles. The quantitative estimate of drug-likeness (QED) is 0.122. The van der Waals surface area contributed by atoms with Gasteiger partial charge in [0.05, 0.1) is 55.8 Å². The molecule has 5 aliphatic rings. The lowest BCUT2D eigenvalue weighted by Gasteiger charge is -2.34. The molecule has 4 N–H and O–H groups in total. The molecule has 0 spiro atoms. The van der Waals surface area contributed by atoms with E-state index in [4.69, 9.17) is 23.9 Å². The number of imidazole rings is 2. The lowest BCUT2D eigenvalue weighted by molar-refractivity contribution is -0.136.